The molecule has 0 N–H and O–H groups in total. The maximum atomic E-state index is 5.59. The van der Waals surface area contributed by atoms with Crippen LogP contribution < -0.4 is 4.90 Å². The van der Waals surface area contributed by atoms with Crippen LogP contribution in [0.5, 0.6) is 0 Å². The highest BCUT2D eigenvalue weighted by Gasteiger charge is 2.48. The number of aromatic nitrogens is 2. The molecule has 5 nitrogen and oxygen atoms in total. The molecule has 2 aromatic rings. The highest BCUT2D eigenvalue weighted by Crippen LogP contribution is 2.46. The van der Waals surface area contributed by atoms with Crippen LogP contribution in [0.25, 0.3) is 0 Å². The molecule has 2 aromatic heterocycles. The Morgan fingerprint density at radius 3 is 2.80 bits per heavy atom. The number of piperidine rings is 1. The van der Waals surface area contributed by atoms with Gasteiger partial charge in [0.15, 0.2) is 0 Å². The molecule has 0 amide bonds. The maximum Gasteiger partial charge on any atom is 0.208 e. The zero-order valence-electron chi connectivity index (χ0n) is 15.0. The van der Waals surface area contributed by atoms with Crippen molar-refractivity contribution in [3.8, 4) is 0 Å². The first-order valence-electron chi connectivity index (χ1n) is 8.96. The van der Waals surface area contributed by atoms with E-state index in [1.807, 2.05) is 14.0 Å². The molecule has 1 atom stereocenters. The van der Waals surface area contributed by atoms with Gasteiger partial charge in [-0.25, -0.2) is 0 Å². The van der Waals surface area contributed by atoms with Crippen molar-refractivity contribution in [3.63, 3.8) is 0 Å². The van der Waals surface area contributed by atoms with Crippen LogP contribution in [-0.4, -0.2) is 55.0 Å². The SMILES string of the molecule is COCC1CN(Cc2ccsc2)CC12CCN(c1nnc(C)s1)CC2. The van der Waals surface area contributed by atoms with E-state index in [1.165, 1.54) is 24.9 Å². The van der Waals surface area contributed by atoms with E-state index in [4.69, 9.17) is 4.74 Å². The Morgan fingerprint density at radius 2 is 2.16 bits per heavy atom. The van der Waals surface area contributed by atoms with Crippen LogP contribution in [-0.2, 0) is 11.3 Å². The first kappa shape index (κ1) is 17.4. The lowest BCUT2D eigenvalue weighted by molar-refractivity contribution is 0.0762. The van der Waals surface area contributed by atoms with Crippen molar-refractivity contribution in [2.45, 2.75) is 26.3 Å². The summed E-state index contributed by atoms with van der Waals surface area (Å²) in [7, 11) is 1.84. The lowest BCUT2D eigenvalue weighted by Crippen LogP contribution is -2.45. The number of rotatable bonds is 5. The Kier molecular flexibility index (Phi) is 5.08. The molecule has 0 aromatic carbocycles. The van der Waals surface area contributed by atoms with Crippen LogP contribution >= 0.6 is 22.7 Å². The Bertz CT molecular complexity index is 679. The standard InChI is InChI=1S/C18H26N4OS2/c1-14-19-20-17(25-14)22-6-4-18(5-7-22)13-21(10-16(18)11-23-2)9-15-3-8-24-12-15/h3,8,12,16H,4-7,9-11,13H2,1-2H3. The summed E-state index contributed by atoms with van der Waals surface area (Å²) in [6, 6.07) is 2.25. The van der Waals surface area contributed by atoms with E-state index in [-0.39, 0.29) is 0 Å². The topological polar surface area (TPSA) is 41.5 Å². The highest BCUT2D eigenvalue weighted by atomic mass is 32.1. The molecular formula is C18H26N4OS2. The average molecular weight is 379 g/mol. The lowest BCUT2D eigenvalue weighted by atomic mass is 9.71. The highest BCUT2D eigenvalue weighted by molar-refractivity contribution is 7.15. The van der Waals surface area contributed by atoms with Gasteiger partial charge in [-0.05, 0) is 47.6 Å². The predicted molar refractivity (Wildman–Crippen MR) is 103 cm³/mol. The van der Waals surface area contributed by atoms with E-state index in [2.05, 4.69) is 36.8 Å². The summed E-state index contributed by atoms with van der Waals surface area (Å²) in [5.41, 5.74) is 1.84. The fourth-order valence-corrected chi connectivity index (χ4v) is 5.86. The number of anilines is 1. The zero-order chi connectivity index (χ0) is 17.3. The van der Waals surface area contributed by atoms with E-state index >= 15 is 0 Å². The molecule has 7 heteroatoms. The molecule has 2 aliphatic heterocycles. The van der Waals surface area contributed by atoms with E-state index in [1.54, 1.807) is 22.7 Å². The van der Waals surface area contributed by atoms with Gasteiger partial charge in [0.25, 0.3) is 0 Å². The molecule has 136 valence electrons. The van der Waals surface area contributed by atoms with E-state index < -0.39 is 0 Å². The second kappa shape index (κ2) is 7.31. The molecule has 25 heavy (non-hydrogen) atoms. The number of hydrogen-bond acceptors (Lipinski definition) is 7. The molecule has 4 rings (SSSR count). The first-order valence-corrected chi connectivity index (χ1v) is 10.7. The molecular weight excluding hydrogens is 352 g/mol. The molecule has 0 bridgehead atoms. The van der Waals surface area contributed by atoms with Crippen molar-refractivity contribution in [3.05, 3.63) is 27.4 Å². The monoisotopic (exact) mass is 378 g/mol. The normalized spacial score (nSPS) is 23.6. The third-order valence-corrected chi connectivity index (χ3v) is 7.41. The second-order valence-corrected chi connectivity index (χ2v) is 9.35. The van der Waals surface area contributed by atoms with E-state index in [0.717, 1.165) is 42.9 Å². The molecule has 1 spiro atoms. The smallest absolute Gasteiger partial charge is 0.208 e. The summed E-state index contributed by atoms with van der Waals surface area (Å²) in [6.07, 6.45) is 2.44. The Morgan fingerprint density at radius 1 is 1.32 bits per heavy atom. The third kappa shape index (κ3) is 3.60. The summed E-state index contributed by atoms with van der Waals surface area (Å²) in [4.78, 5) is 5.05. The first-order chi connectivity index (χ1) is 12.2. The summed E-state index contributed by atoms with van der Waals surface area (Å²) in [5, 5.41) is 15.1. The van der Waals surface area contributed by atoms with Crippen molar-refractivity contribution >= 4 is 27.8 Å². The lowest BCUT2D eigenvalue weighted by Gasteiger charge is -2.42. The minimum atomic E-state index is 0.391. The van der Waals surface area contributed by atoms with Gasteiger partial charge in [0.1, 0.15) is 5.01 Å². The predicted octanol–water partition coefficient (Wildman–Crippen LogP) is 3.27. The minimum Gasteiger partial charge on any atom is -0.384 e. The van der Waals surface area contributed by atoms with Gasteiger partial charge < -0.3 is 9.64 Å². The van der Waals surface area contributed by atoms with Gasteiger partial charge in [-0.15, -0.1) is 10.2 Å². The van der Waals surface area contributed by atoms with Gasteiger partial charge in [0.05, 0.1) is 6.61 Å². The van der Waals surface area contributed by atoms with Gasteiger partial charge in [0, 0.05) is 45.8 Å². The van der Waals surface area contributed by atoms with Gasteiger partial charge in [-0.3, -0.25) is 4.90 Å². The number of thiophene rings is 1. The maximum absolute atomic E-state index is 5.59. The summed E-state index contributed by atoms with van der Waals surface area (Å²) in [5.74, 6) is 0.634. The molecule has 2 fully saturated rings. The van der Waals surface area contributed by atoms with Gasteiger partial charge >= 0.3 is 0 Å². The Balaban J connectivity index is 1.44. The van der Waals surface area contributed by atoms with E-state index in [0.29, 0.717) is 11.3 Å². The number of nitrogens with zero attached hydrogens (tertiary/aromatic N) is 4. The fraction of sp³-hybridized carbons (Fsp3) is 0.667. The number of hydrogen-bond donors (Lipinski definition) is 0. The molecule has 0 saturated carbocycles. The molecule has 1 unspecified atom stereocenters. The van der Waals surface area contributed by atoms with Crippen molar-refractivity contribution in [2.75, 3.05) is 44.8 Å². The number of likely N-dealkylation sites (tertiary alicyclic amines) is 1. The van der Waals surface area contributed by atoms with Crippen molar-refractivity contribution in [1.29, 1.82) is 0 Å². The van der Waals surface area contributed by atoms with Gasteiger partial charge in [-0.2, -0.15) is 11.3 Å². The number of methoxy groups -OCH3 is 1. The van der Waals surface area contributed by atoms with Crippen LogP contribution in [0, 0.1) is 18.3 Å². The van der Waals surface area contributed by atoms with Gasteiger partial charge in [0.2, 0.25) is 5.13 Å². The second-order valence-electron chi connectivity index (χ2n) is 7.41. The Hall–Kier alpha value is -1.02. The van der Waals surface area contributed by atoms with Crippen molar-refractivity contribution in [1.82, 2.24) is 15.1 Å². The molecule has 0 aliphatic carbocycles. The number of aryl methyl sites for hydroxylation is 1. The van der Waals surface area contributed by atoms with Gasteiger partial charge in [-0.1, -0.05) is 11.3 Å². The summed E-state index contributed by atoms with van der Waals surface area (Å²) < 4.78 is 5.59. The van der Waals surface area contributed by atoms with Crippen molar-refractivity contribution in [2.24, 2.45) is 11.3 Å². The van der Waals surface area contributed by atoms with E-state index in [9.17, 15) is 0 Å². The number of ether oxygens (including phenoxy) is 1. The fourth-order valence-electron chi connectivity index (χ4n) is 4.46. The third-order valence-electron chi connectivity index (χ3n) is 5.78. The molecule has 0 radical (unpaired) electrons. The molecule has 4 heterocycles. The van der Waals surface area contributed by atoms with Crippen LogP contribution in [0.1, 0.15) is 23.4 Å². The Labute approximate surface area is 157 Å². The van der Waals surface area contributed by atoms with Crippen LogP contribution in [0.4, 0.5) is 5.13 Å². The van der Waals surface area contributed by atoms with Crippen LogP contribution in [0.15, 0.2) is 16.8 Å². The summed E-state index contributed by atoms with van der Waals surface area (Å²) >= 11 is 3.50. The van der Waals surface area contributed by atoms with Crippen LogP contribution in [0.2, 0.25) is 0 Å². The largest absolute Gasteiger partial charge is 0.384 e. The average Bonchev–Trinajstić information content (AvgIpc) is 3.32. The minimum absolute atomic E-state index is 0.391. The zero-order valence-corrected chi connectivity index (χ0v) is 16.6. The van der Waals surface area contributed by atoms with Crippen LogP contribution in [0.3, 0.4) is 0 Å². The van der Waals surface area contributed by atoms with Crippen molar-refractivity contribution < 1.29 is 4.74 Å². The summed E-state index contributed by atoms with van der Waals surface area (Å²) in [6.45, 7) is 8.49. The molecule has 2 saturated heterocycles. The molecule has 2 aliphatic rings. The quantitative estimate of drug-likeness (QED) is 0.799.